The van der Waals surface area contributed by atoms with E-state index in [1.54, 1.807) is 7.11 Å². The van der Waals surface area contributed by atoms with Gasteiger partial charge in [0.1, 0.15) is 5.75 Å². The van der Waals surface area contributed by atoms with Crippen molar-refractivity contribution in [2.75, 3.05) is 33.4 Å². The highest BCUT2D eigenvalue weighted by Gasteiger charge is 2.18. The summed E-state index contributed by atoms with van der Waals surface area (Å²) in [6, 6.07) is 8.03. The summed E-state index contributed by atoms with van der Waals surface area (Å²) in [5.74, 6) is 0.762. The summed E-state index contributed by atoms with van der Waals surface area (Å²) in [6.07, 6.45) is -0.558. The minimum atomic E-state index is -0.558. The van der Waals surface area contributed by atoms with E-state index in [4.69, 9.17) is 9.47 Å². The molecule has 1 unspecified atom stereocenters. The van der Waals surface area contributed by atoms with E-state index in [-0.39, 0.29) is 0 Å². The van der Waals surface area contributed by atoms with Crippen molar-refractivity contribution in [3.63, 3.8) is 0 Å². The molecule has 1 aromatic carbocycles. The van der Waals surface area contributed by atoms with Gasteiger partial charge in [0.15, 0.2) is 0 Å². The first kappa shape index (κ1) is 17.0. The van der Waals surface area contributed by atoms with E-state index in [0.29, 0.717) is 25.8 Å². The number of para-hydroxylation sites is 1. The number of hydrogen-bond donors (Lipinski definition) is 1. The third-order valence-electron chi connectivity index (χ3n) is 3.30. The molecule has 0 aliphatic heterocycles. The molecule has 0 spiro atoms. The molecule has 114 valence electrons. The molecule has 1 aromatic rings. The summed E-state index contributed by atoms with van der Waals surface area (Å²) in [6.45, 7) is 8.84. The second kappa shape index (κ2) is 8.95. The molecule has 0 radical (unpaired) electrons. The Bertz CT molecular complexity index is 382. The zero-order chi connectivity index (χ0) is 15.0. The highest BCUT2D eigenvalue weighted by Crippen LogP contribution is 2.26. The SMILES string of the molecule is CCOc1ccccc1C(O)CN(CCOC)C(C)C. The van der Waals surface area contributed by atoms with Crippen molar-refractivity contribution in [1.29, 1.82) is 0 Å². The number of benzene rings is 1. The maximum absolute atomic E-state index is 10.5. The topological polar surface area (TPSA) is 41.9 Å². The molecule has 0 amide bonds. The normalized spacial score (nSPS) is 12.9. The third kappa shape index (κ3) is 5.12. The van der Waals surface area contributed by atoms with Crippen LogP contribution in [0.4, 0.5) is 0 Å². The highest BCUT2D eigenvalue weighted by atomic mass is 16.5. The van der Waals surface area contributed by atoms with Crippen LogP contribution in [-0.4, -0.2) is 49.5 Å². The largest absolute Gasteiger partial charge is 0.493 e. The summed E-state index contributed by atoms with van der Waals surface area (Å²) in [4.78, 5) is 2.21. The molecule has 0 bridgehead atoms. The quantitative estimate of drug-likeness (QED) is 0.755. The minimum absolute atomic E-state index is 0.360. The number of aliphatic hydroxyl groups excluding tert-OH is 1. The Balaban J connectivity index is 2.75. The summed E-state index contributed by atoms with van der Waals surface area (Å²) >= 11 is 0. The zero-order valence-electron chi connectivity index (χ0n) is 13.0. The first-order chi connectivity index (χ1) is 9.60. The molecule has 20 heavy (non-hydrogen) atoms. The van der Waals surface area contributed by atoms with E-state index >= 15 is 0 Å². The monoisotopic (exact) mass is 281 g/mol. The maximum Gasteiger partial charge on any atom is 0.125 e. The summed E-state index contributed by atoms with van der Waals surface area (Å²) in [5.41, 5.74) is 0.845. The molecule has 0 saturated carbocycles. The van der Waals surface area contributed by atoms with Crippen molar-refractivity contribution in [3.8, 4) is 5.75 Å². The average molecular weight is 281 g/mol. The van der Waals surface area contributed by atoms with Crippen LogP contribution in [-0.2, 0) is 4.74 Å². The summed E-state index contributed by atoms with van der Waals surface area (Å²) < 4.78 is 10.7. The Morgan fingerprint density at radius 2 is 1.95 bits per heavy atom. The Kier molecular flexibility index (Phi) is 7.59. The van der Waals surface area contributed by atoms with Crippen molar-refractivity contribution in [3.05, 3.63) is 29.8 Å². The molecule has 0 saturated heterocycles. The van der Waals surface area contributed by atoms with Crippen molar-refractivity contribution in [2.45, 2.75) is 32.9 Å². The lowest BCUT2D eigenvalue weighted by Crippen LogP contribution is -2.37. The Hall–Kier alpha value is -1.10. The molecule has 0 aromatic heterocycles. The fourth-order valence-corrected chi connectivity index (χ4v) is 2.13. The van der Waals surface area contributed by atoms with Gasteiger partial charge in [0, 0.05) is 31.8 Å². The lowest BCUT2D eigenvalue weighted by molar-refractivity contribution is 0.0706. The number of aliphatic hydroxyl groups is 1. The van der Waals surface area contributed by atoms with Gasteiger partial charge in [-0.3, -0.25) is 4.90 Å². The first-order valence-electron chi connectivity index (χ1n) is 7.22. The lowest BCUT2D eigenvalue weighted by Gasteiger charge is -2.29. The molecule has 4 heteroatoms. The van der Waals surface area contributed by atoms with Gasteiger partial charge in [-0.2, -0.15) is 0 Å². The van der Waals surface area contributed by atoms with Crippen LogP contribution >= 0.6 is 0 Å². The van der Waals surface area contributed by atoms with Gasteiger partial charge in [-0.25, -0.2) is 0 Å². The predicted molar refractivity (Wildman–Crippen MR) is 81.2 cm³/mol. The van der Waals surface area contributed by atoms with Crippen LogP contribution in [0.2, 0.25) is 0 Å². The molecule has 4 nitrogen and oxygen atoms in total. The average Bonchev–Trinajstić information content (AvgIpc) is 2.43. The van der Waals surface area contributed by atoms with Crippen LogP contribution in [0.5, 0.6) is 5.75 Å². The standard InChI is InChI=1S/C16H27NO3/c1-5-20-16-9-7-6-8-14(16)15(18)12-17(13(2)3)10-11-19-4/h6-9,13,15,18H,5,10-12H2,1-4H3. The smallest absolute Gasteiger partial charge is 0.125 e. The molecule has 0 heterocycles. The van der Waals surface area contributed by atoms with Gasteiger partial charge in [-0.05, 0) is 26.8 Å². The van der Waals surface area contributed by atoms with Crippen molar-refractivity contribution in [2.24, 2.45) is 0 Å². The third-order valence-corrected chi connectivity index (χ3v) is 3.30. The van der Waals surface area contributed by atoms with E-state index < -0.39 is 6.10 Å². The molecular formula is C16H27NO3. The van der Waals surface area contributed by atoms with Crippen LogP contribution in [0, 0.1) is 0 Å². The van der Waals surface area contributed by atoms with Crippen molar-refractivity contribution < 1.29 is 14.6 Å². The summed E-state index contributed by atoms with van der Waals surface area (Å²) in [5, 5.41) is 10.5. The fraction of sp³-hybridized carbons (Fsp3) is 0.625. The Morgan fingerprint density at radius 1 is 1.25 bits per heavy atom. The van der Waals surface area contributed by atoms with Gasteiger partial charge in [0.25, 0.3) is 0 Å². The van der Waals surface area contributed by atoms with Gasteiger partial charge in [0.2, 0.25) is 0 Å². The Morgan fingerprint density at radius 3 is 2.55 bits per heavy atom. The van der Waals surface area contributed by atoms with E-state index in [9.17, 15) is 5.11 Å². The van der Waals surface area contributed by atoms with E-state index in [2.05, 4.69) is 18.7 Å². The number of rotatable bonds is 9. The van der Waals surface area contributed by atoms with Crippen molar-refractivity contribution >= 4 is 0 Å². The van der Waals surface area contributed by atoms with Gasteiger partial charge in [0.05, 0.1) is 19.3 Å². The number of methoxy groups -OCH3 is 1. The molecule has 0 aliphatic rings. The number of hydrogen-bond acceptors (Lipinski definition) is 4. The summed E-state index contributed by atoms with van der Waals surface area (Å²) in [7, 11) is 1.69. The predicted octanol–water partition coefficient (Wildman–Crippen LogP) is 2.48. The fourth-order valence-electron chi connectivity index (χ4n) is 2.13. The maximum atomic E-state index is 10.5. The van der Waals surface area contributed by atoms with E-state index in [1.165, 1.54) is 0 Å². The highest BCUT2D eigenvalue weighted by molar-refractivity contribution is 5.35. The second-order valence-electron chi connectivity index (χ2n) is 5.07. The Labute approximate surface area is 122 Å². The molecule has 0 fully saturated rings. The van der Waals surface area contributed by atoms with Crippen LogP contribution in [0.3, 0.4) is 0 Å². The number of nitrogens with zero attached hydrogens (tertiary/aromatic N) is 1. The van der Waals surface area contributed by atoms with Crippen molar-refractivity contribution in [1.82, 2.24) is 4.90 Å². The lowest BCUT2D eigenvalue weighted by atomic mass is 10.1. The van der Waals surface area contributed by atoms with Crippen LogP contribution in [0.15, 0.2) is 24.3 Å². The molecule has 0 aliphatic carbocycles. The zero-order valence-corrected chi connectivity index (χ0v) is 13.0. The van der Waals surface area contributed by atoms with E-state index in [1.807, 2.05) is 31.2 Å². The molecule has 1 rings (SSSR count). The first-order valence-corrected chi connectivity index (χ1v) is 7.22. The van der Waals surface area contributed by atoms with Crippen LogP contribution in [0.25, 0.3) is 0 Å². The molecular weight excluding hydrogens is 254 g/mol. The second-order valence-corrected chi connectivity index (χ2v) is 5.07. The molecule has 1 N–H and O–H groups in total. The van der Waals surface area contributed by atoms with Gasteiger partial charge < -0.3 is 14.6 Å². The van der Waals surface area contributed by atoms with Crippen LogP contribution in [0.1, 0.15) is 32.4 Å². The van der Waals surface area contributed by atoms with Gasteiger partial charge in [-0.15, -0.1) is 0 Å². The molecule has 1 atom stereocenters. The minimum Gasteiger partial charge on any atom is -0.493 e. The van der Waals surface area contributed by atoms with Crippen LogP contribution < -0.4 is 4.74 Å². The number of ether oxygens (including phenoxy) is 2. The van der Waals surface area contributed by atoms with Gasteiger partial charge >= 0.3 is 0 Å². The van der Waals surface area contributed by atoms with E-state index in [0.717, 1.165) is 17.9 Å². The van der Waals surface area contributed by atoms with Gasteiger partial charge in [-0.1, -0.05) is 18.2 Å².